The zero-order chi connectivity index (χ0) is 23.6. The summed E-state index contributed by atoms with van der Waals surface area (Å²) in [6.07, 6.45) is -0.488. The Balaban J connectivity index is 1.48. The van der Waals surface area contributed by atoms with E-state index in [1.165, 1.54) is 6.20 Å². The maximum atomic E-state index is 13.5. The van der Waals surface area contributed by atoms with Crippen LogP contribution in [0.2, 0.25) is 0 Å². The molecule has 4 rings (SSSR count). The highest BCUT2D eigenvalue weighted by molar-refractivity contribution is 5.94. The molecule has 0 saturated carbocycles. The summed E-state index contributed by atoms with van der Waals surface area (Å²) >= 11 is 0. The van der Waals surface area contributed by atoms with Crippen molar-refractivity contribution >= 4 is 22.4 Å². The van der Waals surface area contributed by atoms with Crippen molar-refractivity contribution in [3.05, 3.63) is 36.0 Å². The number of aromatic nitrogens is 1. The molecule has 0 bridgehead atoms. The van der Waals surface area contributed by atoms with Gasteiger partial charge in [0, 0.05) is 49.9 Å². The smallest absolute Gasteiger partial charge is 0.370 e. The maximum Gasteiger partial charge on any atom is 0.418 e. The number of carbonyl (C=O) groups excluding carboxylic acids is 1. The number of piperidine rings is 1. The first-order valence-electron chi connectivity index (χ1n) is 11.8. The number of Topliss-reactive ketones (excluding diaryl/α,β-unsaturated/α-hetero) is 1. The van der Waals surface area contributed by atoms with Gasteiger partial charge in [0.2, 0.25) is 0 Å². The van der Waals surface area contributed by atoms with Gasteiger partial charge in [-0.2, -0.15) is 13.2 Å². The summed E-state index contributed by atoms with van der Waals surface area (Å²) in [5.74, 6) is 0.819. The van der Waals surface area contributed by atoms with Gasteiger partial charge in [-0.25, -0.2) is 0 Å². The third-order valence-corrected chi connectivity index (χ3v) is 6.87. The van der Waals surface area contributed by atoms with Gasteiger partial charge in [0.05, 0.1) is 17.6 Å². The molecule has 5 nitrogen and oxygen atoms in total. The Labute approximate surface area is 193 Å². The van der Waals surface area contributed by atoms with Crippen molar-refractivity contribution in [1.82, 2.24) is 14.8 Å². The van der Waals surface area contributed by atoms with E-state index >= 15 is 0 Å². The fourth-order valence-corrected chi connectivity index (χ4v) is 5.38. The molecule has 0 radical (unpaired) electrons. The number of benzene rings is 1. The monoisotopic (exact) mass is 462 g/mol. The normalized spacial score (nSPS) is 23.6. The van der Waals surface area contributed by atoms with E-state index in [2.05, 4.69) is 33.7 Å². The molecule has 2 fully saturated rings. The highest BCUT2D eigenvalue weighted by Gasteiger charge is 2.35. The lowest BCUT2D eigenvalue weighted by Gasteiger charge is -2.38. The number of hydrogen-bond acceptors (Lipinski definition) is 5. The molecule has 33 heavy (non-hydrogen) atoms. The fourth-order valence-electron chi connectivity index (χ4n) is 5.38. The lowest BCUT2D eigenvalue weighted by molar-refractivity contribution is -0.136. The SMILES string of the molecule is C[C@H]1C[C@@H](CC(=O)CN2CCCN(C)CC2)CN(c2ccc(C(F)(F)F)c3ncccc23)C1. The van der Waals surface area contributed by atoms with Gasteiger partial charge in [-0.05, 0) is 69.1 Å². The van der Waals surface area contributed by atoms with Crippen LogP contribution in [0.3, 0.4) is 0 Å². The van der Waals surface area contributed by atoms with E-state index in [0.717, 1.165) is 57.3 Å². The van der Waals surface area contributed by atoms with Crippen molar-refractivity contribution in [2.75, 3.05) is 57.8 Å². The van der Waals surface area contributed by atoms with Crippen molar-refractivity contribution in [3.8, 4) is 0 Å². The molecule has 2 atom stereocenters. The van der Waals surface area contributed by atoms with Gasteiger partial charge in [-0.1, -0.05) is 6.92 Å². The summed E-state index contributed by atoms with van der Waals surface area (Å²) in [7, 11) is 2.11. The van der Waals surface area contributed by atoms with Gasteiger partial charge in [-0.15, -0.1) is 0 Å². The van der Waals surface area contributed by atoms with Crippen LogP contribution in [0.5, 0.6) is 0 Å². The van der Waals surface area contributed by atoms with Crippen LogP contribution < -0.4 is 4.90 Å². The lowest BCUT2D eigenvalue weighted by atomic mass is 9.86. The Morgan fingerprint density at radius 1 is 1.12 bits per heavy atom. The number of carbonyl (C=O) groups is 1. The van der Waals surface area contributed by atoms with Crippen molar-refractivity contribution in [3.63, 3.8) is 0 Å². The Hall–Kier alpha value is -2.19. The largest absolute Gasteiger partial charge is 0.418 e. The zero-order valence-corrected chi connectivity index (χ0v) is 19.4. The summed E-state index contributed by atoms with van der Waals surface area (Å²) in [5, 5.41) is 0.514. The van der Waals surface area contributed by atoms with Crippen LogP contribution in [-0.2, 0) is 11.0 Å². The molecule has 8 heteroatoms. The molecule has 1 aromatic carbocycles. The molecule has 180 valence electrons. The minimum absolute atomic E-state index is 0.0144. The molecule has 2 aromatic rings. The zero-order valence-electron chi connectivity index (χ0n) is 19.4. The van der Waals surface area contributed by atoms with Crippen LogP contribution in [0.4, 0.5) is 18.9 Å². The number of rotatable bonds is 5. The molecule has 0 spiro atoms. The first kappa shape index (κ1) is 24.0. The summed E-state index contributed by atoms with van der Waals surface area (Å²) in [5.41, 5.74) is 0.0480. The molecular weight excluding hydrogens is 429 g/mol. The standard InChI is InChI=1S/C25H33F3N4O/c1-18-13-19(14-20(33)17-31-10-4-9-30(2)11-12-31)16-32(15-18)23-7-6-22(25(26,27)28)24-21(23)5-3-8-29-24/h3,5-8,18-19H,4,9-17H2,1-2H3/t18-,19-/m0/s1. The number of halogens is 3. The highest BCUT2D eigenvalue weighted by Crippen LogP contribution is 2.39. The second-order valence-corrected chi connectivity index (χ2v) is 9.82. The van der Waals surface area contributed by atoms with Crippen LogP contribution >= 0.6 is 0 Å². The maximum absolute atomic E-state index is 13.5. The van der Waals surface area contributed by atoms with Gasteiger partial charge in [0.25, 0.3) is 0 Å². The van der Waals surface area contributed by atoms with Crippen molar-refractivity contribution < 1.29 is 18.0 Å². The van der Waals surface area contributed by atoms with Gasteiger partial charge >= 0.3 is 6.18 Å². The topological polar surface area (TPSA) is 39.7 Å². The van der Waals surface area contributed by atoms with Crippen LogP contribution in [0, 0.1) is 11.8 Å². The van der Waals surface area contributed by atoms with Gasteiger partial charge in [0.1, 0.15) is 5.78 Å². The predicted molar refractivity (Wildman–Crippen MR) is 124 cm³/mol. The Morgan fingerprint density at radius 2 is 1.94 bits per heavy atom. The van der Waals surface area contributed by atoms with Gasteiger partial charge < -0.3 is 9.80 Å². The van der Waals surface area contributed by atoms with E-state index in [1.807, 2.05) is 0 Å². The molecule has 0 N–H and O–H groups in total. The number of ketones is 1. The first-order chi connectivity index (χ1) is 15.7. The van der Waals surface area contributed by atoms with Crippen molar-refractivity contribution in [2.45, 2.75) is 32.4 Å². The van der Waals surface area contributed by atoms with E-state index < -0.39 is 11.7 Å². The van der Waals surface area contributed by atoms with E-state index in [0.29, 0.717) is 30.8 Å². The number of nitrogens with zero attached hydrogens (tertiary/aromatic N) is 4. The Morgan fingerprint density at radius 3 is 2.73 bits per heavy atom. The summed E-state index contributed by atoms with van der Waals surface area (Å²) in [4.78, 5) is 23.6. The van der Waals surface area contributed by atoms with Crippen LogP contribution in [0.15, 0.2) is 30.5 Å². The third-order valence-electron chi connectivity index (χ3n) is 6.87. The molecular formula is C25H33F3N4O. The van der Waals surface area contributed by atoms with E-state index in [1.54, 1.807) is 18.2 Å². The van der Waals surface area contributed by atoms with Crippen molar-refractivity contribution in [2.24, 2.45) is 11.8 Å². The van der Waals surface area contributed by atoms with Gasteiger partial charge in [-0.3, -0.25) is 14.7 Å². The molecule has 2 aliphatic rings. The van der Waals surface area contributed by atoms with Crippen molar-refractivity contribution in [1.29, 1.82) is 0 Å². The molecule has 3 heterocycles. The molecule has 0 aliphatic carbocycles. The summed E-state index contributed by atoms with van der Waals surface area (Å²) in [6.45, 7) is 8.00. The molecule has 0 unspecified atom stereocenters. The van der Waals surface area contributed by atoms with E-state index in [9.17, 15) is 18.0 Å². The number of hydrogen-bond donors (Lipinski definition) is 0. The van der Waals surface area contributed by atoms with Crippen LogP contribution in [0.1, 0.15) is 31.7 Å². The second kappa shape index (κ2) is 9.97. The van der Waals surface area contributed by atoms with E-state index in [4.69, 9.17) is 0 Å². The Kier molecular flexibility index (Phi) is 7.24. The predicted octanol–water partition coefficient (Wildman–Crippen LogP) is 4.31. The molecule has 1 aromatic heterocycles. The van der Waals surface area contributed by atoms with Gasteiger partial charge in [0.15, 0.2) is 0 Å². The van der Waals surface area contributed by atoms with E-state index in [-0.39, 0.29) is 17.2 Å². The fraction of sp³-hybridized carbons (Fsp3) is 0.600. The number of alkyl halides is 3. The molecule has 2 aliphatic heterocycles. The first-order valence-corrected chi connectivity index (χ1v) is 11.8. The second-order valence-electron chi connectivity index (χ2n) is 9.82. The minimum Gasteiger partial charge on any atom is -0.370 e. The Bertz CT molecular complexity index is 980. The number of pyridine rings is 1. The average molecular weight is 463 g/mol. The lowest BCUT2D eigenvalue weighted by Crippen LogP contribution is -2.41. The quantitative estimate of drug-likeness (QED) is 0.662. The average Bonchev–Trinajstić information content (AvgIpc) is 2.95. The third kappa shape index (κ3) is 5.84. The summed E-state index contributed by atoms with van der Waals surface area (Å²) in [6, 6.07) is 6.10. The number of likely N-dealkylation sites (N-methyl/N-ethyl adjacent to an activating group) is 1. The summed E-state index contributed by atoms with van der Waals surface area (Å²) < 4.78 is 40.5. The number of fused-ring (bicyclic) bond motifs is 1. The highest BCUT2D eigenvalue weighted by atomic mass is 19.4. The molecule has 2 saturated heterocycles. The minimum atomic E-state index is -4.45. The van der Waals surface area contributed by atoms with Crippen LogP contribution in [0.25, 0.3) is 10.9 Å². The van der Waals surface area contributed by atoms with Crippen LogP contribution in [-0.4, -0.2) is 73.4 Å². The molecule has 0 amide bonds. The number of anilines is 1.